The molecule has 1 amide bonds. The number of carbonyl (C=O) groups excluding carboxylic acids is 1. The van der Waals surface area contributed by atoms with Gasteiger partial charge in [0.25, 0.3) is 0 Å². The van der Waals surface area contributed by atoms with Crippen LogP contribution in [0.3, 0.4) is 0 Å². The second-order valence-corrected chi connectivity index (χ2v) is 7.35. The fraction of sp³-hybridized carbons (Fsp3) is 0.500. The minimum absolute atomic E-state index is 0.0195. The van der Waals surface area contributed by atoms with E-state index >= 15 is 0 Å². The van der Waals surface area contributed by atoms with Gasteiger partial charge in [0, 0.05) is 12.5 Å². The smallest absolute Gasteiger partial charge is 0.307 e. The molecule has 2 fully saturated rings. The van der Waals surface area contributed by atoms with E-state index in [0.29, 0.717) is 31.1 Å². The molecule has 1 aromatic carbocycles. The van der Waals surface area contributed by atoms with Crippen LogP contribution in [0.1, 0.15) is 37.4 Å². The number of amides is 1. The average Bonchev–Trinajstić information content (AvgIpc) is 3.40. The Morgan fingerprint density at radius 3 is 2.86 bits per heavy atom. The van der Waals surface area contributed by atoms with E-state index in [0.717, 1.165) is 25.1 Å². The monoisotopic (exact) mass is 388 g/mol. The lowest BCUT2D eigenvalue weighted by atomic mass is 9.98. The zero-order chi connectivity index (χ0) is 19.7. The van der Waals surface area contributed by atoms with Gasteiger partial charge in [0.1, 0.15) is 5.82 Å². The maximum atomic E-state index is 14.2. The van der Waals surface area contributed by atoms with Gasteiger partial charge in [0.2, 0.25) is 5.91 Å². The number of aromatic nitrogens is 4. The van der Waals surface area contributed by atoms with Crippen molar-refractivity contribution in [1.82, 2.24) is 25.1 Å². The van der Waals surface area contributed by atoms with Gasteiger partial charge in [-0.1, -0.05) is 0 Å². The van der Waals surface area contributed by atoms with Crippen molar-refractivity contribution >= 4 is 17.6 Å². The lowest BCUT2D eigenvalue weighted by molar-refractivity contribution is -0.144. The Balaban J connectivity index is 1.45. The Morgan fingerprint density at radius 2 is 2.11 bits per heavy atom. The predicted molar refractivity (Wildman–Crippen MR) is 96.5 cm³/mol. The summed E-state index contributed by atoms with van der Waals surface area (Å²) in [6.07, 6.45) is 3.38. The molecule has 1 aromatic heterocycles. The molecule has 9 nitrogen and oxygen atoms in total. The van der Waals surface area contributed by atoms with Crippen molar-refractivity contribution in [3.63, 3.8) is 0 Å². The van der Waals surface area contributed by atoms with Crippen LogP contribution in [0.15, 0.2) is 18.2 Å². The summed E-state index contributed by atoms with van der Waals surface area (Å²) in [5.74, 6) is -1.21. The van der Waals surface area contributed by atoms with Crippen LogP contribution in [0, 0.1) is 11.7 Å². The number of likely N-dealkylation sites (tertiary alicyclic amines) is 1. The third-order valence-corrected chi connectivity index (χ3v) is 5.13. The highest BCUT2D eigenvalue weighted by molar-refractivity contribution is 5.92. The third-order valence-electron chi connectivity index (χ3n) is 5.13. The van der Waals surface area contributed by atoms with E-state index in [1.807, 2.05) is 0 Å². The lowest BCUT2D eigenvalue weighted by Crippen LogP contribution is -2.42. The number of piperidine rings is 1. The first-order valence-electron chi connectivity index (χ1n) is 9.34. The number of nitrogens with zero attached hydrogens (tertiary/aromatic N) is 5. The van der Waals surface area contributed by atoms with Crippen LogP contribution in [0.5, 0.6) is 0 Å². The van der Waals surface area contributed by atoms with Crippen LogP contribution in [-0.4, -0.2) is 61.7 Å². The fourth-order valence-corrected chi connectivity index (χ4v) is 3.51. The molecule has 2 N–H and O–H groups in total. The maximum absolute atomic E-state index is 14.2. The van der Waals surface area contributed by atoms with Crippen LogP contribution >= 0.6 is 0 Å². The van der Waals surface area contributed by atoms with Crippen LogP contribution in [0.2, 0.25) is 0 Å². The summed E-state index contributed by atoms with van der Waals surface area (Å²) in [7, 11) is 0. The third kappa shape index (κ3) is 4.01. The standard InChI is InChI=1S/C18H21FN6O3/c19-14-6-5-13(25-17(11-3-4-11)21-22-23-25)8-15(14)20-16(26)10-24-7-1-2-12(9-24)18(27)28/h5-6,8,11-12H,1-4,7,9-10H2,(H,20,26)(H,27,28). The first-order valence-corrected chi connectivity index (χ1v) is 9.34. The number of hydrogen-bond acceptors (Lipinski definition) is 6. The van der Waals surface area contributed by atoms with Gasteiger partial charge in [-0.2, -0.15) is 4.68 Å². The molecule has 1 atom stereocenters. The van der Waals surface area contributed by atoms with E-state index in [2.05, 4.69) is 20.8 Å². The molecule has 0 bridgehead atoms. The van der Waals surface area contributed by atoms with Gasteiger partial charge in [-0.25, -0.2) is 4.39 Å². The van der Waals surface area contributed by atoms with Crippen molar-refractivity contribution < 1.29 is 19.1 Å². The van der Waals surface area contributed by atoms with E-state index in [4.69, 9.17) is 5.11 Å². The van der Waals surface area contributed by atoms with Gasteiger partial charge in [0.15, 0.2) is 5.82 Å². The Labute approximate surface area is 160 Å². The first kappa shape index (κ1) is 18.5. The number of nitrogens with one attached hydrogen (secondary N) is 1. The van der Waals surface area contributed by atoms with Gasteiger partial charge in [-0.15, -0.1) is 5.10 Å². The Kier molecular flexibility index (Phi) is 5.03. The van der Waals surface area contributed by atoms with Gasteiger partial charge in [-0.05, 0) is 60.9 Å². The topological polar surface area (TPSA) is 113 Å². The van der Waals surface area contributed by atoms with E-state index in [1.54, 1.807) is 15.6 Å². The van der Waals surface area contributed by atoms with E-state index in [1.165, 1.54) is 12.1 Å². The summed E-state index contributed by atoms with van der Waals surface area (Å²) in [6.45, 7) is 0.987. The predicted octanol–water partition coefficient (Wildman–Crippen LogP) is 1.41. The maximum Gasteiger partial charge on any atom is 0.307 e. The second kappa shape index (κ2) is 7.63. The van der Waals surface area contributed by atoms with Gasteiger partial charge in [-0.3, -0.25) is 14.5 Å². The summed E-state index contributed by atoms with van der Waals surface area (Å²) >= 11 is 0. The summed E-state index contributed by atoms with van der Waals surface area (Å²) in [6, 6.07) is 4.34. The molecule has 4 rings (SSSR count). The van der Waals surface area contributed by atoms with Crippen LogP contribution in [-0.2, 0) is 9.59 Å². The first-order chi connectivity index (χ1) is 13.5. The number of benzene rings is 1. The van der Waals surface area contributed by atoms with Crippen LogP contribution in [0.4, 0.5) is 10.1 Å². The number of hydrogen-bond donors (Lipinski definition) is 2. The SMILES string of the molecule is O=C(CN1CCCC(C(=O)O)C1)Nc1cc(-n2nnnc2C2CC2)ccc1F. The van der Waals surface area contributed by atoms with Crippen molar-refractivity contribution in [3.8, 4) is 5.69 Å². The number of tetrazole rings is 1. The van der Waals surface area contributed by atoms with Gasteiger partial charge < -0.3 is 10.4 Å². The summed E-state index contributed by atoms with van der Waals surface area (Å²) in [5.41, 5.74) is 0.624. The summed E-state index contributed by atoms with van der Waals surface area (Å²) < 4.78 is 15.8. The molecule has 1 unspecified atom stereocenters. The number of carboxylic acids is 1. The quantitative estimate of drug-likeness (QED) is 0.769. The number of anilines is 1. The summed E-state index contributed by atoms with van der Waals surface area (Å²) in [4.78, 5) is 25.3. The molecule has 28 heavy (non-hydrogen) atoms. The molecular weight excluding hydrogens is 367 g/mol. The van der Waals surface area contributed by atoms with Gasteiger partial charge >= 0.3 is 5.97 Å². The normalized spacial score (nSPS) is 20.1. The Hall–Kier alpha value is -2.88. The van der Waals surface area contributed by atoms with E-state index < -0.39 is 17.7 Å². The zero-order valence-corrected chi connectivity index (χ0v) is 15.2. The minimum atomic E-state index is -0.850. The molecule has 2 heterocycles. The number of carboxylic acid groups (broad SMARTS) is 1. The van der Waals surface area contributed by atoms with Crippen molar-refractivity contribution in [3.05, 3.63) is 29.8 Å². The molecule has 1 aliphatic carbocycles. The number of halogens is 1. The Bertz CT molecular complexity index is 897. The van der Waals surface area contributed by atoms with Crippen LogP contribution < -0.4 is 5.32 Å². The molecule has 148 valence electrons. The van der Waals surface area contributed by atoms with E-state index in [-0.39, 0.29) is 18.1 Å². The summed E-state index contributed by atoms with van der Waals surface area (Å²) in [5, 5.41) is 23.4. The highest BCUT2D eigenvalue weighted by atomic mass is 19.1. The van der Waals surface area contributed by atoms with Crippen molar-refractivity contribution in [2.45, 2.75) is 31.6 Å². The van der Waals surface area contributed by atoms with Crippen molar-refractivity contribution in [2.75, 3.05) is 25.0 Å². The molecule has 10 heteroatoms. The second-order valence-electron chi connectivity index (χ2n) is 7.35. The van der Waals surface area contributed by atoms with Crippen LogP contribution in [0.25, 0.3) is 5.69 Å². The number of carbonyl (C=O) groups is 2. The molecule has 2 aliphatic rings. The molecule has 1 saturated carbocycles. The molecule has 0 spiro atoms. The van der Waals surface area contributed by atoms with E-state index in [9.17, 15) is 14.0 Å². The minimum Gasteiger partial charge on any atom is -0.481 e. The highest BCUT2D eigenvalue weighted by Gasteiger charge is 2.30. The molecular formula is C18H21FN6O3. The number of aliphatic carboxylic acids is 1. The average molecular weight is 388 g/mol. The van der Waals surface area contributed by atoms with Crippen molar-refractivity contribution in [1.29, 1.82) is 0 Å². The molecule has 1 saturated heterocycles. The molecule has 2 aromatic rings. The van der Waals surface area contributed by atoms with Gasteiger partial charge in [0.05, 0.1) is 23.8 Å². The zero-order valence-electron chi connectivity index (χ0n) is 15.2. The van der Waals surface area contributed by atoms with Crippen molar-refractivity contribution in [2.24, 2.45) is 5.92 Å². The molecule has 0 radical (unpaired) electrons. The Morgan fingerprint density at radius 1 is 1.29 bits per heavy atom. The highest BCUT2D eigenvalue weighted by Crippen LogP contribution is 2.39. The largest absolute Gasteiger partial charge is 0.481 e. The number of rotatable bonds is 6. The lowest BCUT2D eigenvalue weighted by Gasteiger charge is -2.29. The molecule has 1 aliphatic heterocycles. The fourth-order valence-electron chi connectivity index (χ4n) is 3.51.